The highest BCUT2D eigenvalue weighted by molar-refractivity contribution is 6.04. The Morgan fingerprint density at radius 1 is 1.14 bits per heavy atom. The first-order valence-corrected chi connectivity index (χ1v) is 12.1. The van der Waals surface area contributed by atoms with E-state index in [1.54, 1.807) is 23.1 Å². The fraction of sp³-hybridized carbons (Fsp3) is 0.423. The second kappa shape index (κ2) is 8.87. The summed E-state index contributed by atoms with van der Waals surface area (Å²) < 4.78 is 17.0. The van der Waals surface area contributed by atoms with Crippen molar-refractivity contribution in [2.45, 2.75) is 65.0 Å². The maximum absolute atomic E-state index is 14.9. The summed E-state index contributed by atoms with van der Waals surface area (Å²) in [7, 11) is 0. The number of nitrogens with zero attached hydrogens (tertiary/aromatic N) is 5. The molecule has 0 aliphatic carbocycles. The lowest BCUT2D eigenvalue weighted by Gasteiger charge is -2.29. The van der Waals surface area contributed by atoms with E-state index in [-0.39, 0.29) is 17.0 Å². The molecule has 9 heteroatoms. The van der Waals surface area contributed by atoms with Crippen LogP contribution in [0.3, 0.4) is 0 Å². The van der Waals surface area contributed by atoms with Crippen molar-refractivity contribution >= 4 is 17.6 Å². The van der Waals surface area contributed by atoms with Crippen molar-refractivity contribution in [2.24, 2.45) is 0 Å². The maximum atomic E-state index is 14.9. The summed E-state index contributed by atoms with van der Waals surface area (Å²) in [6.07, 6.45) is 3.67. The largest absolute Gasteiger partial charge is 0.338 e. The number of benzene rings is 1. The van der Waals surface area contributed by atoms with E-state index < -0.39 is 11.7 Å². The molecule has 8 nitrogen and oxygen atoms in total. The van der Waals surface area contributed by atoms with Crippen LogP contribution < -0.4 is 5.32 Å². The lowest BCUT2D eigenvalue weighted by molar-refractivity contribution is -0.132. The molecule has 2 aromatic heterocycles. The summed E-state index contributed by atoms with van der Waals surface area (Å²) in [4.78, 5) is 31.7. The fourth-order valence-electron chi connectivity index (χ4n) is 4.96. The molecule has 2 aliphatic rings. The summed E-state index contributed by atoms with van der Waals surface area (Å²) >= 11 is 0. The number of halogens is 1. The Balaban J connectivity index is 1.38. The van der Waals surface area contributed by atoms with E-state index in [0.29, 0.717) is 43.3 Å². The van der Waals surface area contributed by atoms with E-state index in [9.17, 15) is 14.0 Å². The molecule has 0 radical (unpaired) electrons. The highest BCUT2D eigenvalue weighted by Gasteiger charge is 2.34. The number of pyridine rings is 1. The van der Waals surface area contributed by atoms with Gasteiger partial charge in [0.1, 0.15) is 23.2 Å². The topological polar surface area (TPSA) is 93.0 Å². The van der Waals surface area contributed by atoms with Crippen molar-refractivity contribution < 1.29 is 14.0 Å². The van der Waals surface area contributed by atoms with Crippen LogP contribution in [0.25, 0.3) is 11.5 Å². The van der Waals surface area contributed by atoms with Gasteiger partial charge in [-0.2, -0.15) is 0 Å². The predicted octanol–water partition coefficient (Wildman–Crippen LogP) is 4.10. The number of nitrogens with one attached hydrogen (secondary N) is 1. The molecular weight excluding hydrogens is 447 g/mol. The number of aryl methyl sites for hydroxylation is 1. The molecule has 35 heavy (non-hydrogen) atoms. The van der Waals surface area contributed by atoms with Crippen molar-refractivity contribution in [3.05, 3.63) is 58.7 Å². The van der Waals surface area contributed by atoms with E-state index >= 15 is 0 Å². The molecule has 1 aromatic carbocycles. The van der Waals surface area contributed by atoms with Gasteiger partial charge >= 0.3 is 0 Å². The molecule has 3 aromatic rings. The highest BCUT2D eigenvalue weighted by atomic mass is 19.1. The summed E-state index contributed by atoms with van der Waals surface area (Å²) in [5.74, 6) is 0.788. The van der Waals surface area contributed by atoms with Gasteiger partial charge in [-0.25, -0.2) is 9.37 Å². The molecule has 0 saturated heterocycles. The molecule has 1 N–H and O–H groups in total. The second-order valence-corrected chi connectivity index (χ2v) is 9.87. The zero-order valence-corrected chi connectivity index (χ0v) is 20.3. The minimum Gasteiger partial charge on any atom is -0.338 e. The summed E-state index contributed by atoms with van der Waals surface area (Å²) in [5, 5.41) is 11.3. The predicted molar refractivity (Wildman–Crippen MR) is 129 cm³/mol. The first-order chi connectivity index (χ1) is 16.8. The number of hydrogen-bond acceptors (Lipinski definition) is 5. The van der Waals surface area contributed by atoms with Crippen molar-refractivity contribution in [1.82, 2.24) is 24.6 Å². The van der Waals surface area contributed by atoms with E-state index in [2.05, 4.69) is 38.9 Å². The van der Waals surface area contributed by atoms with Crippen LogP contribution in [0.2, 0.25) is 0 Å². The first kappa shape index (κ1) is 23.1. The molecule has 182 valence electrons. The van der Waals surface area contributed by atoms with E-state index in [1.165, 1.54) is 6.07 Å². The molecule has 2 aliphatic heterocycles. The Kier molecular flexibility index (Phi) is 5.86. The van der Waals surface area contributed by atoms with Crippen LogP contribution in [0.5, 0.6) is 0 Å². The molecule has 0 saturated carbocycles. The van der Waals surface area contributed by atoms with E-state index in [4.69, 9.17) is 0 Å². The molecule has 0 unspecified atom stereocenters. The third-order valence-corrected chi connectivity index (χ3v) is 6.88. The van der Waals surface area contributed by atoms with Gasteiger partial charge in [0, 0.05) is 31.5 Å². The minimum absolute atomic E-state index is 0.0646. The molecule has 5 rings (SSSR count). The van der Waals surface area contributed by atoms with E-state index in [1.807, 2.05) is 13.0 Å². The van der Waals surface area contributed by atoms with E-state index in [0.717, 1.165) is 36.2 Å². The van der Waals surface area contributed by atoms with Crippen molar-refractivity contribution in [3.63, 3.8) is 0 Å². The number of fused-ring (bicyclic) bond motifs is 2. The van der Waals surface area contributed by atoms with Gasteiger partial charge in [-0.15, -0.1) is 10.2 Å². The smallest absolute Gasteiger partial charge is 0.259 e. The summed E-state index contributed by atoms with van der Waals surface area (Å²) in [5.41, 5.74) is 2.05. The van der Waals surface area contributed by atoms with Crippen LogP contribution in [0.15, 0.2) is 30.3 Å². The fourth-order valence-corrected chi connectivity index (χ4v) is 4.96. The number of carbonyl (C=O) groups is 2. The Labute approximate surface area is 203 Å². The number of hydrogen-bond donors (Lipinski definition) is 1. The van der Waals surface area contributed by atoms with Crippen LogP contribution in [-0.2, 0) is 29.7 Å². The standard InChI is InChI=1S/C26H29FN6O2/c1-4-6-23(34)32-12-10-16-14-19(27)18(13-17(16)15-32)25(35)29-21-8-5-7-20(28-21)24-31-30-22-9-11-26(2,3)33(22)24/h5,7-8,13-14H,4,6,9-12,15H2,1-3H3,(H,28,29,35). The molecule has 4 heterocycles. The number of anilines is 1. The van der Waals surface area contributed by atoms with Crippen LogP contribution in [0.1, 0.15) is 67.3 Å². The zero-order valence-electron chi connectivity index (χ0n) is 20.3. The number of aromatic nitrogens is 4. The number of amides is 2. The van der Waals surface area contributed by atoms with Gasteiger partial charge in [0.15, 0.2) is 5.82 Å². The van der Waals surface area contributed by atoms with Crippen LogP contribution >= 0.6 is 0 Å². The van der Waals surface area contributed by atoms with Crippen LogP contribution in [0.4, 0.5) is 10.2 Å². The zero-order chi connectivity index (χ0) is 24.7. The number of carbonyl (C=O) groups excluding carboxylic acids is 2. The average Bonchev–Trinajstić information content (AvgIpc) is 3.39. The van der Waals surface area contributed by atoms with Crippen molar-refractivity contribution in [2.75, 3.05) is 11.9 Å². The third-order valence-electron chi connectivity index (χ3n) is 6.88. The Morgan fingerprint density at radius 3 is 2.77 bits per heavy atom. The molecular formula is C26H29FN6O2. The quantitative estimate of drug-likeness (QED) is 0.599. The normalized spacial score (nSPS) is 16.1. The molecule has 0 bridgehead atoms. The average molecular weight is 477 g/mol. The van der Waals surface area contributed by atoms with Crippen LogP contribution in [-0.4, -0.2) is 43.0 Å². The Morgan fingerprint density at radius 2 is 1.97 bits per heavy atom. The first-order valence-electron chi connectivity index (χ1n) is 12.1. The van der Waals surface area contributed by atoms with Gasteiger partial charge in [0.25, 0.3) is 5.91 Å². The Hall–Kier alpha value is -3.62. The van der Waals surface area contributed by atoms with Gasteiger partial charge in [-0.1, -0.05) is 13.0 Å². The van der Waals surface area contributed by atoms with Gasteiger partial charge in [0.05, 0.1) is 5.56 Å². The number of rotatable bonds is 5. The summed E-state index contributed by atoms with van der Waals surface area (Å²) in [6.45, 7) is 7.19. The minimum atomic E-state index is -0.584. The van der Waals surface area contributed by atoms with Gasteiger partial charge < -0.3 is 14.8 Å². The van der Waals surface area contributed by atoms with Crippen molar-refractivity contribution in [1.29, 1.82) is 0 Å². The molecule has 2 amide bonds. The van der Waals surface area contributed by atoms with Gasteiger partial charge in [0.2, 0.25) is 5.91 Å². The second-order valence-electron chi connectivity index (χ2n) is 9.87. The highest BCUT2D eigenvalue weighted by Crippen LogP contribution is 2.35. The van der Waals surface area contributed by atoms with Crippen molar-refractivity contribution in [3.8, 4) is 11.5 Å². The monoisotopic (exact) mass is 476 g/mol. The lowest BCUT2D eigenvalue weighted by atomic mass is 9.96. The SMILES string of the molecule is CCCC(=O)N1CCc2cc(F)c(C(=O)Nc3cccc(-c4nnc5n4C(C)(C)CC5)n3)cc2C1. The maximum Gasteiger partial charge on any atom is 0.259 e. The molecule has 0 atom stereocenters. The van der Waals surface area contributed by atoms with Gasteiger partial charge in [-0.05, 0) is 68.5 Å². The third kappa shape index (κ3) is 4.31. The summed E-state index contributed by atoms with van der Waals surface area (Å²) in [6, 6.07) is 8.24. The lowest BCUT2D eigenvalue weighted by Crippen LogP contribution is -2.36. The van der Waals surface area contributed by atoms with Gasteiger partial charge in [-0.3, -0.25) is 9.59 Å². The molecule has 0 fully saturated rings. The van der Waals surface area contributed by atoms with Crippen LogP contribution in [0, 0.1) is 5.82 Å². The Bertz CT molecular complexity index is 1320. The molecule has 0 spiro atoms.